The van der Waals surface area contributed by atoms with Crippen molar-refractivity contribution in [1.82, 2.24) is 5.43 Å². The van der Waals surface area contributed by atoms with Gasteiger partial charge in [-0.25, -0.2) is 5.43 Å². The van der Waals surface area contributed by atoms with Gasteiger partial charge < -0.3 is 14.2 Å². The van der Waals surface area contributed by atoms with Crippen molar-refractivity contribution in [2.75, 3.05) is 11.1 Å². The Bertz CT molecular complexity index is 1200. The largest absolute Gasteiger partial charge is 0.459 e. The Morgan fingerprint density at radius 3 is 2.70 bits per heavy atom. The van der Waals surface area contributed by atoms with Crippen LogP contribution in [0.2, 0.25) is 0 Å². The molecule has 4 aromatic rings. The highest BCUT2D eigenvalue weighted by atomic mass is 32.2. The quantitative estimate of drug-likeness (QED) is 0.261. The third-order valence-electron chi connectivity index (χ3n) is 4.08. The number of amides is 2. The minimum Gasteiger partial charge on any atom is -0.459 e. The lowest BCUT2D eigenvalue weighted by atomic mass is 10.1. The number of carbonyl (C=O) groups excluding carboxylic acids is 2. The van der Waals surface area contributed by atoms with Crippen LogP contribution in [0.5, 0.6) is 0 Å². The number of rotatable bonds is 7. The molecule has 2 N–H and O–H groups in total. The van der Waals surface area contributed by atoms with E-state index in [1.807, 2.05) is 42.5 Å². The fraction of sp³-hybridized carbons (Fsp3) is 0.0455. The highest BCUT2D eigenvalue weighted by molar-refractivity contribution is 7.99. The average Bonchev–Trinajstić information content (AvgIpc) is 3.44. The van der Waals surface area contributed by atoms with Crippen LogP contribution in [0.4, 0.5) is 5.69 Å². The summed E-state index contributed by atoms with van der Waals surface area (Å²) < 4.78 is 10.5. The first-order valence-electron chi connectivity index (χ1n) is 9.05. The van der Waals surface area contributed by atoms with Crippen LogP contribution in [-0.2, 0) is 4.79 Å². The Labute approximate surface area is 176 Å². The van der Waals surface area contributed by atoms with Gasteiger partial charge in [0.05, 0.1) is 18.2 Å². The molecule has 30 heavy (non-hydrogen) atoms. The second-order valence-electron chi connectivity index (χ2n) is 6.23. The third-order valence-corrected chi connectivity index (χ3v) is 4.99. The van der Waals surface area contributed by atoms with Crippen molar-refractivity contribution in [3.05, 3.63) is 84.5 Å². The van der Waals surface area contributed by atoms with Gasteiger partial charge in [0.25, 0.3) is 0 Å². The van der Waals surface area contributed by atoms with Crippen molar-refractivity contribution in [2.45, 2.75) is 5.09 Å². The fourth-order valence-corrected chi connectivity index (χ4v) is 3.36. The number of thioether (sulfide) groups is 1. The smallest absolute Gasteiger partial charge is 0.307 e. The van der Waals surface area contributed by atoms with Crippen LogP contribution in [0.25, 0.3) is 10.8 Å². The number of nitrogens with one attached hydrogen (secondary N) is 2. The Kier molecular flexibility index (Phi) is 5.95. The van der Waals surface area contributed by atoms with Crippen molar-refractivity contribution in [3.63, 3.8) is 0 Å². The van der Waals surface area contributed by atoms with Crippen molar-refractivity contribution in [3.8, 4) is 0 Å². The topological polar surface area (TPSA) is 96.8 Å². The Morgan fingerprint density at radius 2 is 1.87 bits per heavy atom. The average molecular weight is 419 g/mol. The van der Waals surface area contributed by atoms with E-state index in [1.54, 1.807) is 18.2 Å². The Balaban J connectivity index is 1.26. The van der Waals surface area contributed by atoms with Crippen LogP contribution in [0, 0.1) is 0 Å². The van der Waals surface area contributed by atoms with E-state index in [-0.39, 0.29) is 17.4 Å². The summed E-state index contributed by atoms with van der Waals surface area (Å²) in [7, 11) is 0. The zero-order valence-electron chi connectivity index (χ0n) is 15.7. The summed E-state index contributed by atoms with van der Waals surface area (Å²) >= 11 is 1.27. The van der Waals surface area contributed by atoms with E-state index < -0.39 is 5.91 Å². The Morgan fingerprint density at radius 1 is 1.00 bits per heavy atom. The fourth-order valence-electron chi connectivity index (χ4n) is 2.70. The maximum atomic E-state index is 12.2. The number of carbonyl (C=O) groups is 2. The molecule has 0 saturated heterocycles. The first-order chi connectivity index (χ1) is 14.7. The molecule has 2 aromatic carbocycles. The van der Waals surface area contributed by atoms with Gasteiger partial charge in [-0.3, -0.25) is 9.59 Å². The lowest BCUT2D eigenvalue weighted by Gasteiger charge is -2.06. The SMILES string of the molecule is O=C(CSc1ccc(/C=N/NC(=O)c2ccco2)o1)Nc1ccc2ccccc2c1. The maximum Gasteiger partial charge on any atom is 0.307 e. The summed E-state index contributed by atoms with van der Waals surface area (Å²) in [6.45, 7) is 0. The van der Waals surface area contributed by atoms with Gasteiger partial charge in [-0.05, 0) is 47.2 Å². The van der Waals surface area contributed by atoms with Gasteiger partial charge in [-0.1, -0.05) is 42.1 Å². The number of benzene rings is 2. The molecule has 0 aliphatic heterocycles. The number of hydrazone groups is 1. The molecule has 2 amide bonds. The predicted octanol–water partition coefficient (Wildman–Crippen LogP) is 4.52. The van der Waals surface area contributed by atoms with Crippen molar-refractivity contribution < 1.29 is 18.4 Å². The molecule has 0 saturated carbocycles. The lowest BCUT2D eigenvalue weighted by Crippen LogP contribution is -2.16. The van der Waals surface area contributed by atoms with E-state index in [9.17, 15) is 9.59 Å². The van der Waals surface area contributed by atoms with Crippen LogP contribution >= 0.6 is 11.8 Å². The molecule has 7 nitrogen and oxygen atoms in total. The van der Waals surface area contributed by atoms with Crippen molar-refractivity contribution in [2.24, 2.45) is 5.10 Å². The molecule has 0 aliphatic carbocycles. The minimum atomic E-state index is -0.456. The molecule has 4 rings (SSSR count). The van der Waals surface area contributed by atoms with Gasteiger partial charge in [0.15, 0.2) is 10.9 Å². The van der Waals surface area contributed by atoms with E-state index >= 15 is 0 Å². The molecular weight excluding hydrogens is 402 g/mol. The summed E-state index contributed by atoms with van der Waals surface area (Å²) in [5, 5.41) is 9.47. The molecule has 0 bridgehead atoms. The van der Waals surface area contributed by atoms with Crippen LogP contribution in [0.3, 0.4) is 0 Å². The summed E-state index contributed by atoms with van der Waals surface area (Å²) in [5.41, 5.74) is 3.09. The number of anilines is 1. The van der Waals surface area contributed by atoms with E-state index in [0.717, 1.165) is 16.5 Å². The van der Waals surface area contributed by atoms with Crippen LogP contribution < -0.4 is 10.7 Å². The molecule has 0 unspecified atom stereocenters. The van der Waals surface area contributed by atoms with Crippen LogP contribution in [-0.4, -0.2) is 23.8 Å². The number of hydrogen-bond donors (Lipinski definition) is 2. The van der Waals surface area contributed by atoms with Gasteiger partial charge in [0.1, 0.15) is 5.76 Å². The number of furan rings is 2. The van der Waals surface area contributed by atoms with Crippen molar-refractivity contribution in [1.29, 1.82) is 0 Å². The van der Waals surface area contributed by atoms with Crippen LogP contribution in [0.1, 0.15) is 16.3 Å². The zero-order valence-corrected chi connectivity index (χ0v) is 16.5. The summed E-state index contributed by atoms with van der Waals surface area (Å²) in [4.78, 5) is 23.9. The van der Waals surface area contributed by atoms with E-state index in [1.165, 1.54) is 30.3 Å². The Hall–Kier alpha value is -3.78. The molecule has 150 valence electrons. The van der Waals surface area contributed by atoms with Crippen LogP contribution in [0.15, 0.2) is 92.0 Å². The molecule has 0 aliphatic rings. The second-order valence-corrected chi connectivity index (χ2v) is 7.21. The molecule has 0 spiro atoms. The number of fused-ring (bicyclic) bond motifs is 1. The summed E-state index contributed by atoms with van der Waals surface area (Å²) in [5.74, 6) is 0.231. The number of hydrogen-bond acceptors (Lipinski definition) is 6. The third kappa shape index (κ3) is 4.98. The lowest BCUT2D eigenvalue weighted by molar-refractivity contribution is -0.113. The second kappa shape index (κ2) is 9.15. The first kappa shape index (κ1) is 19.5. The molecule has 0 atom stereocenters. The number of nitrogens with zero attached hydrogens (tertiary/aromatic N) is 1. The van der Waals surface area contributed by atoms with E-state index in [4.69, 9.17) is 8.83 Å². The maximum absolute atomic E-state index is 12.2. The molecule has 0 fully saturated rings. The summed E-state index contributed by atoms with van der Waals surface area (Å²) in [6.07, 6.45) is 2.78. The molecule has 0 radical (unpaired) electrons. The zero-order chi connectivity index (χ0) is 20.8. The summed E-state index contributed by atoms with van der Waals surface area (Å²) in [6, 6.07) is 20.4. The van der Waals surface area contributed by atoms with Gasteiger partial charge >= 0.3 is 5.91 Å². The molecular formula is C22H17N3O4S. The van der Waals surface area contributed by atoms with Gasteiger partial charge in [0, 0.05) is 5.69 Å². The predicted molar refractivity (Wildman–Crippen MR) is 116 cm³/mol. The highest BCUT2D eigenvalue weighted by Crippen LogP contribution is 2.22. The standard InChI is InChI=1S/C22H17N3O4S/c26-20(24-17-8-7-15-4-1-2-5-16(15)12-17)14-30-21-10-9-18(29-21)13-23-25-22(27)19-6-3-11-28-19/h1-13H,14H2,(H,24,26)(H,25,27)/b23-13+. The molecule has 2 aromatic heterocycles. The van der Waals surface area contributed by atoms with Crippen molar-refractivity contribution >= 4 is 46.3 Å². The molecule has 8 heteroatoms. The molecule has 2 heterocycles. The van der Waals surface area contributed by atoms with E-state index in [2.05, 4.69) is 15.8 Å². The first-order valence-corrected chi connectivity index (χ1v) is 10.0. The minimum absolute atomic E-state index is 0.132. The van der Waals surface area contributed by atoms with E-state index in [0.29, 0.717) is 10.9 Å². The monoisotopic (exact) mass is 419 g/mol. The van der Waals surface area contributed by atoms with Gasteiger partial charge in [-0.2, -0.15) is 5.10 Å². The van der Waals surface area contributed by atoms with Gasteiger partial charge in [0.2, 0.25) is 5.91 Å². The highest BCUT2D eigenvalue weighted by Gasteiger charge is 2.08. The van der Waals surface area contributed by atoms with Gasteiger partial charge in [-0.15, -0.1) is 0 Å². The normalized spacial score (nSPS) is 11.1.